The number of hydrogen-bond donors (Lipinski definition) is 1. The van der Waals surface area contributed by atoms with Crippen LogP contribution in [0.15, 0.2) is 6.33 Å². The predicted octanol–water partition coefficient (Wildman–Crippen LogP) is 2.59. The zero-order chi connectivity index (χ0) is 13.3. The summed E-state index contributed by atoms with van der Waals surface area (Å²) in [5, 5.41) is 15.1. The molecule has 0 spiro atoms. The Morgan fingerprint density at radius 1 is 1.50 bits per heavy atom. The number of rotatable bonds is 3. The van der Waals surface area contributed by atoms with Crippen molar-refractivity contribution in [1.82, 2.24) is 14.8 Å². The molecule has 0 saturated heterocycles. The number of nitrogens with zero attached hydrogens (tertiary/aromatic N) is 3. The Balaban J connectivity index is 2.14. The first-order chi connectivity index (χ1) is 8.42. The molecule has 3 unspecified atom stereocenters. The molecular formula is C14H25N3O. The number of aromatic nitrogens is 3. The van der Waals surface area contributed by atoms with Crippen LogP contribution in [0.5, 0.6) is 0 Å². The van der Waals surface area contributed by atoms with Gasteiger partial charge >= 0.3 is 0 Å². The van der Waals surface area contributed by atoms with Crippen LogP contribution in [0.2, 0.25) is 0 Å². The van der Waals surface area contributed by atoms with E-state index in [2.05, 4.69) is 37.8 Å². The van der Waals surface area contributed by atoms with Crippen LogP contribution in [-0.2, 0) is 6.42 Å². The fourth-order valence-electron chi connectivity index (χ4n) is 3.05. The third kappa shape index (κ3) is 2.58. The molecule has 1 aromatic rings. The molecule has 0 amide bonds. The van der Waals surface area contributed by atoms with E-state index in [1.165, 1.54) is 0 Å². The minimum Gasteiger partial charge on any atom is -0.389 e. The van der Waals surface area contributed by atoms with Crippen LogP contribution in [0, 0.1) is 11.8 Å². The Hall–Kier alpha value is -0.900. The fourth-order valence-corrected chi connectivity index (χ4v) is 3.05. The third-order valence-corrected chi connectivity index (χ3v) is 4.34. The maximum atomic E-state index is 10.9. The summed E-state index contributed by atoms with van der Waals surface area (Å²) in [6.07, 6.45) is 5.30. The molecule has 1 aliphatic carbocycles. The van der Waals surface area contributed by atoms with Gasteiger partial charge in [0, 0.05) is 12.5 Å². The highest BCUT2D eigenvalue weighted by Crippen LogP contribution is 2.38. The van der Waals surface area contributed by atoms with Gasteiger partial charge in [0.15, 0.2) is 0 Å². The Morgan fingerprint density at radius 2 is 2.22 bits per heavy atom. The molecule has 102 valence electrons. The molecule has 2 rings (SSSR count). The second-order valence-electron chi connectivity index (χ2n) is 6.28. The molecule has 3 atom stereocenters. The van der Waals surface area contributed by atoms with E-state index < -0.39 is 5.60 Å². The van der Waals surface area contributed by atoms with Crippen LogP contribution in [0.4, 0.5) is 0 Å². The van der Waals surface area contributed by atoms with Gasteiger partial charge < -0.3 is 5.11 Å². The summed E-state index contributed by atoms with van der Waals surface area (Å²) in [4.78, 5) is 4.32. The fraction of sp³-hybridized carbons (Fsp3) is 0.857. The Bertz CT molecular complexity index is 401. The second-order valence-corrected chi connectivity index (χ2v) is 6.28. The van der Waals surface area contributed by atoms with E-state index >= 15 is 0 Å². The molecule has 1 saturated carbocycles. The molecule has 4 heteroatoms. The first-order valence-corrected chi connectivity index (χ1v) is 7.03. The van der Waals surface area contributed by atoms with E-state index in [0.29, 0.717) is 18.4 Å². The van der Waals surface area contributed by atoms with Crippen molar-refractivity contribution in [3.63, 3.8) is 0 Å². The summed E-state index contributed by atoms with van der Waals surface area (Å²) in [5.41, 5.74) is -0.605. The summed E-state index contributed by atoms with van der Waals surface area (Å²) in [7, 11) is 0. The summed E-state index contributed by atoms with van der Waals surface area (Å²) in [5.74, 6) is 1.97. The van der Waals surface area contributed by atoms with Crippen LogP contribution < -0.4 is 0 Å². The van der Waals surface area contributed by atoms with E-state index in [1.807, 2.05) is 4.68 Å². The quantitative estimate of drug-likeness (QED) is 0.898. The Morgan fingerprint density at radius 3 is 2.83 bits per heavy atom. The van der Waals surface area contributed by atoms with Crippen LogP contribution in [0.1, 0.15) is 58.8 Å². The molecule has 1 heterocycles. The monoisotopic (exact) mass is 251 g/mol. The molecule has 1 fully saturated rings. The van der Waals surface area contributed by atoms with Gasteiger partial charge in [0.1, 0.15) is 12.2 Å². The van der Waals surface area contributed by atoms with Crippen molar-refractivity contribution in [3.8, 4) is 0 Å². The Kier molecular flexibility index (Phi) is 3.76. The van der Waals surface area contributed by atoms with Crippen LogP contribution in [0.3, 0.4) is 0 Å². The van der Waals surface area contributed by atoms with Crippen molar-refractivity contribution in [3.05, 3.63) is 12.2 Å². The van der Waals surface area contributed by atoms with Crippen molar-refractivity contribution >= 4 is 0 Å². The van der Waals surface area contributed by atoms with Gasteiger partial charge in [-0.25, -0.2) is 9.67 Å². The lowest BCUT2D eigenvalue weighted by atomic mass is 9.70. The van der Waals surface area contributed by atoms with Crippen molar-refractivity contribution in [1.29, 1.82) is 0 Å². The van der Waals surface area contributed by atoms with Gasteiger partial charge in [-0.3, -0.25) is 0 Å². The van der Waals surface area contributed by atoms with E-state index in [1.54, 1.807) is 6.33 Å². The number of hydrogen-bond acceptors (Lipinski definition) is 3. The summed E-state index contributed by atoms with van der Waals surface area (Å²) >= 11 is 0. The third-order valence-electron chi connectivity index (χ3n) is 4.34. The summed E-state index contributed by atoms with van der Waals surface area (Å²) in [6.45, 7) is 8.61. The standard InChI is InChI=1S/C14H25N3O/c1-10(2)17-13(15-9-16-17)8-14(18)6-5-11(3)7-12(14)4/h9-12,18H,5-8H2,1-4H3. The maximum absolute atomic E-state index is 10.9. The van der Waals surface area contributed by atoms with Gasteiger partial charge in [0.05, 0.1) is 5.60 Å². The average Bonchev–Trinajstić information content (AvgIpc) is 2.72. The highest BCUT2D eigenvalue weighted by atomic mass is 16.3. The maximum Gasteiger partial charge on any atom is 0.138 e. The molecule has 1 N–H and O–H groups in total. The first kappa shape index (κ1) is 13.5. The van der Waals surface area contributed by atoms with E-state index in [4.69, 9.17) is 0 Å². The molecule has 0 aromatic carbocycles. The lowest BCUT2D eigenvalue weighted by Crippen LogP contribution is -2.43. The molecule has 1 aromatic heterocycles. The van der Waals surface area contributed by atoms with Gasteiger partial charge in [0.25, 0.3) is 0 Å². The zero-order valence-corrected chi connectivity index (χ0v) is 11.9. The highest BCUT2D eigenvalue weighted by Gasteiger charge is 2.39. The molecular weight excluding hydrogens is 226 g/mol. The number of aliphatic hydroxyl groups is 1. The molecule has 18 heavy (non-hydrogen) atoms. The summed E-state index contributed by atoms with van der Waals surface area (Å²) in [6, 6.07) is 0.295. The minimum absolute atomic E-state index is 0.295. The Labute approximate surface area is 109 Å². The zero-order valence-electron chi connectivity index (χ0n) is 11.9. The van der Waals surface area contributed by atoms with Gasteiger partial charge in [-0.15, -0.1) is 0 Å². The lowest BCUT2D eigenvalue weighted by Gasteiger charge is -2.40. The van der Waals surface area contributed by atoms with Gasteiger partial charge in [-0.05, 0) is 44.9 Å². The lowest BCUT2D eigenvalue weighted by molar-refractivity contribution is -0.0543. The minimum atomic E-state index is -0.605. The topological polar surface area (TPSA) is 50.9 Å². The van der Waals surface area contributed by atoms with Crippen LogP contribution in [-0.4, -0.2) is 25.5 Å². The van der Waals surface area contributed by atoms with E-state index in [-0.39, 0.29) is 0 Å². The highest BCUT2D eigenvalue weighted by molar-refractivity contribution is 5.00. The largest absolute Gasteiger partial charge is 0.389 e. The van der Waals surface area contributed by atoms with Crippen LogP contribution >= 0.6 is 0 Å². The molecule has 0 radical (unpaired) electrons. The molecule has 4 nitrogen and oxygen atoms in total. The smallest absolute Gasteiger partial charge is 0.138 e. The SMILES string of the molecule is CC1CCC(O)(Cc2ncnn2C(C)C)C(C)C1. The predicted molar refractivity (Wildman–Crippen MR) is 71.2 cm³/mol. The molecule has 0 bridgehead atoms. The average molecular weight is 251 g/mol. The van der Waals surface area contributed by atoms with E-state index in [9.17, 15) is 5.11 Å². The van der Waals surface area contributed by atoms with E-state index in [0.717, 1.165) is 31.0 Å². The van der Waals surface area contributed by atoms with Crippen molar-refractivity contribution in [2.45, 2.75) is 65.0 Å². The summed E-state index contributed by atoms with van der Waals surface area (Å²) < 4.78 is 1.92. The normalized spacial score (nSPS) is 33.0. The van der Waals surface area contributed by atoms with Crippen LogP contribution in [0.25, 0.3) is 0 Å². The van der Waals surface area contributed by atoms with Crippen molar-refractivity contribution < 1.29 is 5.11 Å². The molecule has 0 aliphatic heterocycles. The first-order valence-electron chi connectivity index (χ1n) is 7.03. The second kappa shape index (κ2) is 5.00. The van der Waals surface area contributed by atoms with Crippen molar-refractivity contribution in [2.24, 2.45) is 11.8 Å². The van der Waals surface area contributed by atoms with Gasteiger partial charge in [-0.1, -0.05) is 13.8 Å². The van der Waals surface area contributed by atoms with Gasteiger partial charge in [-0.2, -0.15) is 5.10 Å². The van der Waals surface area contributed by atoms with Gasteiger partial charge in [0.2, 0.25) is 0 Å². The molecule has 1 aliphatic rings. The van der Waals surface area contributed by atoms with Crippen molar-refractivity contribution in [2.75, 3.05) is 0 Å².